The molecule has 0 N–H and O–H groups in total. The quantitative estimate of drug-likeness (QED) is 0.668. The molecule has 3 rings (SSSR count). The number of fused-ring (bicyclic) bond motifs is 1. The van der Waals surface area contributed by atoms with Crippen LogP contribution in [0.5, 0.6) is 11.5 Å². The van der Waals surface area contributed by atoms with Crippen LogP contribution in [0.2, 0.25) is 0 Å². The topological polar surface area (TPSA) is 22.1 Å². The molecule has 94 valence electrons. The number of pyridine rings is 1. The average molecular weight is 318 g/mol. The second-order valence-corrected chi connectivity index (χ2v) is 4.86. The van der Waals surface area contributed by atoms with Crippen molar-refractivity contribution in [3.63, 3.8) is 0 Å². The molecule has 0 saturated carbocycles. The van der Waals surface area contributed by atoms with E-state index in [9.17, 15) is 4.39 Å². The molecule has 0 atom stereocenters. The summed E-state index contributed by atoms with van der Waals surface area (Å²) in [6, 6.07) is 14.1. The predicted molar refractivity (Wildman–Crippen MR) is 75.9 cm³/mol. The maximum atomic E-state index is 13.5. The summed E-state index contributed by atoms with van der Waals surface area (Å²) in [5.41, 5.74) is 0.845. The first kappa shape index (κ1) is 12.1. The van der Waals surface area contributed by atoms with Crippen molar-refractivity contribution >= 4 is 26.8 Å². The summed E-state index contributed by atoms with van der Waals surface area (Å²) in [4.78, 5) is 4.25. The second-order valence-electron chi connectivity index (χ2n) is 4.00. The van der Waals surface area contributed by atoms with Crippen LogP contribution in [0.1, 0.15) is 0 Å². The summed E-state index contributed by atoms with van der Waals surface area (Å²) in [5.74, 6) is 0.764. The number of nitrogens with zero attached hydrogens (tertiary/aromatic N) is 1. The summed E-state index contributed by atoms with van der Waals surface area (Å²) >= 11 is 3.11. The van der Waals surface area contributed by atoms with E-state index in [1.165, 1.54) is 6.07 Å². The van der Waals surface area contributed by atoms with Gasteiger partial charge in [-0.15, -0.1) is 0 Å². The maximum Gasteiger partial charge on any atom is 0.141 e. The molecule has 19 heavy (non-hydrogen) atoms. The minimum Gasteiger partial charge on any atom is -0.456 e. The lowest BCUT2D eigenvalue weighted by atomic mass is 10.2. The highest BCUT2D eigenvalue weighted by Gasteiger charge is 2.06. The van der Waals surface area contributed by atoms with Crippen LogP contribution in [0.4, 0.5) is 4.39 Å². The van der Waals surface area contributed by atoms with Gasteiger partial charge in [-0.2, -0.15) is 0 Å². The van der Waals surface area contributed by atoms with Gasteiger partial charge in [-0.05, 0) is 46.3 Å². The number of aromatic nitrogens is 1. The molecule has 0 aliphatic carbocycles. The van der Waals surface area contributed by atoms with Gasteiger partial charge in [-0.25, -0.2) is 4.39 Å². The first-order chi connectivity index (χ1) is 9.24. The third kappa shape index (κ3) is 2.44. The average Bonchev–Trinajstić information content (AvgIpc) is 2.43. The molecule has 0 fully saturated rings. The van der Waals surface area contributed by atoms with Gasteiger partial charge >= 0.3 is 0 Å². The van der Waals surface area contributed by atoms with Crippen LogP contribution in [0.3, 0.4) is 0 Å². The van der Waals surface area contributed by atoms with Crippen LogP contribution in [0.25, 0.3) is 10.9 Å². The van der Waals surface area contributed by atoms with Crippen LogP contribution in [0.15, 0.2) is 59.2 Å². The first-order valence-electron chi connectivity index (χ1n) is 5.71. The van der Waals surface area contributed by atoms with E-state index >= 15 is 0 Å². The van der Waals surface area contributed by atoms with E-state index in [0.717, 1.165) is 10.9 Å². The maximum absolute atomic E-state index is 13.5. The molecular weight excluding hydrogens is 309 g/mol. The SMILES string of the molecule is Fc1cc(Oc2ccnc3ccccc23)ccc1Br. The molecule has 0 unspecified atom stereocenters. The summed E-state index contributed by atoms with van der Waals surface area (Å²) < 4.78 is 19.6. The highest BCUT2D eigenvalue weighted by Crippen LogP contribution is 2.30. The predicted octanol–water partition coefficient (Wildman–Crippen LogP) is 4.93. The van der Waals surface area contributed by atoms with Gasteiger partial charge in [0.15, 0.2) is 0 Å². The lowest BCUT2D eigenvalue weighted by Gasteiger charge is -2.08. The third-order valence-electron chi connectivity index (χ3n) is 2.73. The van der Waals surface area contributed by atoms with Crippen molar-refractivity contribution in [2.75, 3.05) is 0 Å². The minimum atomic E-state index is -0.351. The lowest BCUT2D eigenvalue weighted by molar-refractivity contribution is 0.481. The van der Waals surface area contributed by atoms with Gasteiger partial charge < -0.3 is 4.74 Å². The number of rotatable bonds is 2. The van der Waals surface area contributed by atoms with Crippen molar-refractivity contribution in [2.45, 2.75) is 0 Å². The van der Waals surface area contributed by atoms with Crippen LogP contribution >= 0.6 is 15.9 Å². The number of hydrogen-bond acceptors (Lipinski definition) is 2. The van der Waals surface area contributed by atoms with Crippen LogP contribution in [-0.2, 0) is 0 Å². The van der Waals surface area contributed by atoms with Gasteiger partial charge in [0.2, 0.25) is 0 Å². The molecule has 0 aliphatic rings. The van der Waals surface area contributed by atoms with E-state index in [1.807, 2.05) is 24.3 Å². The highest BCUT2D eigenvalue weighted by atomic mass is 79.9. The highest BCUT2D eigenvalue weighted by molar-refractivity contribution is 9.10. The Labute approximate surface area is 118 Å². The zero-order chi connectivity index (χ0) is 13.2. The number of para-hydroxylation sites is 1. The molecule has 1 heterocycles. The molecule has 0 aliphatic heterocycles. The Hall–Kier alpha value is -1.94. The molecule has 1 aromatic heterocycles. The molecule has 2 nitrogen and oxygen atoms in total. The van der Waals surface area contributed by atoms with Crippen LogP contribution < -0.4 is 4.74 Å². The van der Waals surface area contributed by atoms with E-state index in [2.05, 4.69) is 20.9 Å². The monoisotopic (exact) mass is 317 g/mol. The molecule has 2 aromatic carbocycles. The smallest absolute Gasteiger partial charge is 0.141 e. The zero-order valence-corrected chi connectivity index (χ0v) is 11.4. The van der Waals surface area contributed by atoms with E-state index in [1.54, 1.807) is 24.4 Å². The molecule has 0 radical (unpaired) electrons. The van der Waals surface area contributed by atoms with Crippen molar-refractivity contribution in [1.82, 2.24) is 4.98 Å². The Morgan fingerprint density at radius 1 is 1.05 bits per heavy atom. The molecule has 3 aromatic rings. The van der Waals surface area contributed by atoms with Crippen molar-refractivity contribution in [1.29, 1.82) is 0 Å². The van der Waals surface area contributed by atoms with E-state index in [4.69, 9.17) is 4.74 Å². The third-order valence-corrected chi connectivity index (χ3v) is 3.37. The largest absolute Gasteiger partial charge is 0.456 e. The Kier molecular flexibility index (Phi) is 3.17. The Bertz CT molecular complexity index is 740. The van der Waals surface area contributed by atoms with Gasteiger partial charge in [-0.1, -0.05) is 12.1 Å². The van der Waals surface area contributed by atoms with Crippen molar-refractivity contribution in [3.05, 3.63) is 65.0 Å². The molecule has 0 bridgehead atoms. The molecule has 0 spiro atoms. The fourth-order valence-corrected chi connectivity index (χ4v) is 2.07. The number of halogens is 2. The Morgan fingerprint density at radius 2 is 1.89 bits per heavy atom. The van der Waals surface area contributed by atoms with E-state index in [-0.39, 0.29) is 5.82 Å². The van der Waals surface area contributed by atoms with Gasteiger partial charge in [0.05, 0.1) is 9.99 Å². The van der Waals surface area contributed by atoms with Crippen LogP contribution in [-0.4, -0.2) is 4.98 Å². The molecule has 0 saturated heterocycles. The van der Waals surface area contributed by atoms with Crippen molar-refractivity contribution in [3.8, 4) is 11.5 Å². The number of benzene rings is 2. The van der Waals surface area contributed by atoms with Crippen molar-refractivity contribution < 1.29 is 9.13 Å². The van der Waals surface area contributed by atoms with Gasteiger partial charge in [0.1, 0.15) is 17.3 Å². The van der Waals surface area contributed by atoms with Crippen molar-refractivity contribution in [2.24, 2.45) is 0 Å². The second kappa shape index (κ2) is 4.97. The normalized spacial score (nSPS) is 10.6. The van der Waals surface area contributed by atoms with Gasteiger partial charge in [0, 0.05) is 17.6 Å². The minimum absolute atomic E-state index is 0.351. The summed E-state index contributed by atoms with van der Waals surface area (Å²) in [5, 5.41) is 0.897. The molecular formula is C15H9BrFNO. The van der Waals surface area contributed by atoms with E-state index in [0.29, 0.717) is 16.0 Å². The zero-order valence-electron chi connectivity index (χ0n) is 9.81. The van der Waals surface area contributed by atoms with Crippen LogP contribution in [0, 0.1) is 5.82 Å². The standard InChI is InChI=1S/C15H9BrFNO/c16-12-6-5-10(9-13(12)17)19-15-7-8-18-14-4-2-1-3-11(14)15/h1-9H. The van der Waals surface area contributed by atoms with E-state index < -0.39 is 0 Å². The van der Waals surface area contributed by atoms with Gasteiger partial charge in [-0.3, -0.25) is 4.98 Å². The lowest BCUT2D eigenvalue weighted by Crippen LogP contribution is -1.88. The molecule has 4 heteroatoms. The number of hydrogen-bond donors (Lipinski definition) is 0. The fourth-order valence-electron chi connectivity index (χ4n) is 1.83. The Balaban J connectivity index is 2.03. The Morgan fingerprint density at radius 3 is 2.74 bits per heavy atom. The summed E-state index contributed by atoms with van der Waals surface area (Å²) in [7, 11) is 0. The number of ether oxygens (including phenoxy) is 1. The summed E-state index contributed by atoms with van der Waals surface area (Å²) in [6.45, 7) is 0. The van der Waals surface area contributed by atoms with Gasteiger partial charge in [0.25, 0.3) is 0 Å². The fraction of sp³-hybridized carbons (Fsp3) is 0. The summed E-state index contributed by atoms with van der Waals surface area (Å²) in [6.07, 6.45) is 1.67. The first-order valence-corrected chi connectivity index (χ1v) is 6.50. The molecule has 0 amide bonds.